The molecule has 1 aliphatic rings. The van der Waals surface area contributed by atoms with Gasteiger partial charge in [0.15, 0.2) is 0 Å². The molecular weight excluding hydrogens is 434 g/mol. The summed E-state index contributed by atoms with van der Waals surface area (Å²) in [6, 6.07) is 26.7. The van der Waals surface area contributed by atoms with Crippen molar-refractivity contribution < 1.29 is 13.2 Å². The normalized spacial score (nSPS) is 14.8. The van der Waals surface area contributed by atoms with Crippen molar-refractivity contribution in [2.75, 3.05) is 36.7 Å². The minimum Gasteiger partial charge on any atom is -0.336 e. The minimum atomic E-state index is -3.43. The maximum absolute atomic E-state index is 13.0. The lowest BCUT2D eigenvalue weighted by Crippen LogP contribution is -2.48. The first kappa shape index (κ1) is 23.0. The zero-order valence-electron chi connectivity index (χ0n) is 18.8. The van der Waals surface area contributed by atoms with Gasteiger partial charge in [0.05, 0.1) is 18.5 Å². The van der Waals surface area contributed by atoms with Gasteiger partial charge in [0.2, 0.25) is 10.0 Å². The molecule has 0 aromatic heterocycles. The third-order valence-electron chi connectivity index (χ3n) is 5.88. The largest absolute Gasteiger partial charge is 0.336 e. The van der Waals surface area contributed by atoms with Crippen LogP contribution in [0.1, 0.15) is 21.5 Å². The fourth-order valence-corrected chi connectivity index (χ4v) is 4.93. The molecule has 0 bridgehead atoms. The van der Waals surface area contributed by atoms with E-state index in [2.05, 4.69) is 17.0 Å². The molecule has 0 unspecified atom stereocenters. The van der Waals surface area contributed by atoms with Gasteiger partial charge in [0.25, 0.3) is 5.91 Å². The predicted octanol–water partition coefficient (Wildman–Crippen LogP) is 3.61. The molecule has 0 saturated carbocycles. The second-order valence-corrected chi connectivity index (χ2v) is 10.3. The van der Waals surface area contributed by atoms with Crippen LogP contribution in [0.15, 0.2) is 84.9 Å². The molecule has 0 N–H and O–H groups in total. The standard InChI is InChI=1S/C26H29N3O3S/c1-33(31,32)29(25-10-6-3-7-11-25)21-23-12-14-24(15-13-23)26(30)28-18-16-27(17-19-28)20-22-8-4-2-5-9-22/h2-15H,16-21H2,1H3. The molecule has 1 fully saturated rings. The SMILES string of the molecule is CS(=O)(=O)N(Cc1ccc(C(=O)N2CCN(Cc3ccccc3)CC2)cc1)c1ccccc1. The monoisotopic (exact) mass is 463 g/mol. The van der Waals surface area contributed by atoms with E-state index in [0.717, 1.165) is 25.2 Å². The fraction of sp³-hybridized carbons (Fsp3) is 0.269. The van der Waals surface area contributed by atoms with Crippen molar-refractivity contribution in [3.05, 3.63) is 102 Å². The molecular formula is C26H29N3O3S. The number of sulfonamides is 1. The van der Waals surface area contributed by atoms with Crippen LogP contribution < -0.4 is 4.31 Å². The van der Waals surface area contributed by atoms with Crippen LogP contribution in [0.3, 0.4) is 0 Å². The lowest BCUT2D eigenvalue weighted by molar-refractivity contribution is 0.0628. The quantitative estimate of drug-likeness (QED) is 0.537. The molecule has 6 nitrogen and oxygen atoms in total. The van der Waals surface area contributed by atoms with E-state index in [1.54, 1.807) is 24.3 Å². The molecule has 33 heavy (non-hydrogen) atoms. The van der Waals surface area contributed by atoms with Gasteiger partial charge in [-0.05, 0) is 35.4 Å². The Balaban J connectivity index is 1.36. The molecule has 172 valence electrons. The van der Waals surface area contributed by atoms with E-state index in [-0.39, 0.29) is 12.5 Å². The Morgan fingerprint density at radius 3 is 1.94 bits per heavy atom. The van der Waals surface area contributed by atoms with Gasteiger partial charge in [-0.1, -0.05) is 60.7 Å². The van der Waals surface area contributed by atoms with Crippen molar-refractivity contribution in [1.82, 2.24) is 9.80 Å². The van der Waals surface area contributed by atoms with E-state index < -0.39 is 10.0 Å². The van der Waals surface area contributed by atoms with Gasteiger partial charge < -0.3 is 4.90 Å². The van der Waals surface area contributed by atoms with Gasteiger partial charge in [-0.2, -0.15) is 0 Å². The van der Waals surface area contributed by atoms with Gasteiger partial charge in [0.1, 0.15) is 0 Å². The molecule has 3 aromatic rings. The highest BCUT2D eigenvalue weighted by atomic mass is 32.2. The highest BCUT2D eigenvalue weighted by Crippen LogP contribution is 2.21. The molecule has 1 amide bonds. The molecule has 1 saturated heterocycles. The average Bonchev–Trinajstić information content (AvgIpc) is 2.83. The number of anilines is 1. The van der Waals surface area contributed by atoms with E-state index in [1.807, 2.05) is 53.4 Å². The number of hydrogen-bond donors (Lipinski definition) is 0. The van der Waals surface area contributed by atoms with E-state index in [9.17, 15) is 13.2 Å². The summed E-state index contributed by atoms with van der Waals surface area (Å²) in [5, 5.41) is 0. The maximum atomic E-state index is 13.0. The third kappa shape index (κ3) is 6.00. The van der Waals surface area contributed by atoms with Gasteiger partial charge in [-0.15, -0.1) is 0 Å². The number of carbonyl (C=O) groups excluding carboxylic acids is 1. The molecule has 7 heteroatoms. The third-order valence-corrected chi connectivity index (χ3v) is 7.02. The Kier molecular flexibility index (Phi) is 7.11. The number of rotatable bonds is 7. The van der Waals surface area contributed by atoms with E-state index in [4.69, 9.17) is 0 Å². The summed E-state index contributed by atoms with van der Waals surface area (Å²) in [6.45, 7) is 4.20. The predicted molar refractivity (Wildman–Crippen MR) is 132 cm³/mol. The van der Waals surface area contributed by atoms with Crippen molar-refractivity contribution in [1.29, 1.82) is 0 Å². The van der Waals surface area contributed by atoms with Crippen LogP contribution in [-0.4, -0.2) is 56.6 Å². The Bertz CT molecular complexity index is 1160. The highest BCUT2D eigenvalue weighted by Gasteiger charge is 2.23. The average molecular weight is 464 g/mol. The Hall–Kier alpha value is -3.16. The van der Waals surface area contributed by atoms with Crippen molar-refractivity contribution in [2.24, 2.45) is 0 Å². The number of hydrogen-bond acceptors (Lipinski definition) is 4. The molecule has 3 aromatic carbocycles. The fourth-order valence-electron chi connectivity index (χ4n) is 4.05. The zero-order chi connectivity index (χ0) is 23.3. The van der Waals surface area contributed by atoms with Crippen LogP contribution in [0, 0.1) is 0 Å². The summed E-state index contributed by atoms with van der Waals surface area (Å²) in [6.07, 6.45) is 1.20. The van der Waals surface area contributed by atoms with E-state index >= 15 is 0 Å². The first-order valence-corrected chi connectivity index (χ1v) is 12.9. The first-order chi connectivity index (χ1) is 15.9. The molecule has 0 spiro atoms. The van der Waals surface area contributed by atoms with Crippen molar-refractivity contribution in [2.45, 2.75) is 13.1 Å². The topological polar surface area (TPSA) is 60.9 Å². The lowest BCUT2D eigenvalue weighted by Gasteiger charge is -2.34. The van der Waals surface area contributed by atoms with Crippen molar-refractivity contribution in [3.8, 4) is 0 Å². The molecule has 0 radical (unpaired) electrons. The van der Waals surface area contributed by atoms with Crippen LogP contribution in [0.4, 0.5) is 5.69 Å². The lowest BCUT2D eigenvalue weighted by atomic mass is 10.1. The molecule has 1 aliphatic heterocycles. The van der Waals surface area contributed by atoms with Crippen LogP contribution in [0.5, 0.6) is 0 Å². The van der Waals surface area contributed by atoms with Gasteiger partial charge in [-0.25, -0.2) is 8.42 Å². The maximum Gasteiger partial charge on any atom is 0.253 e. The van der Waals surface area contributed by atoms with E-state index in [0.29, 0.717) is 24.3 Å². The summed E-state index contributed by atoms with van der Waals surface area (Å²) in [7, 11) is -3.43. The first-order valence-electron chi connectivity index (χ1n) is 11.1. The summed E-state index contributed by atoms with van der Waals surface area (Å²) >= 11 is 0. The molecule has 0 atom stereocenters. The number of piperazine rings is 1. The summed E-state index contributed by atoms with van der Waals surface area (Å²) < 4.78 is 26.0. The number of amides is 1. The molecule has 4 rings (SSSR count). The number of carbonyl (C=O) groups is 1. The van der Waals surface area contributed by atoms with Crippen molar-refractivity contribution >= 4 is 21.6 Å². The Morgan fingerprint density at radius 1 is 0.788 bits per heavy atom. The molecule has 1 heterocycles. The minimum absolute atomic E-state index is 0.0175. The zero-order valence-corrected chi connectivity index (χ0v) is 19.6. The van der Waals surface area contributed by atoms with Crippen LogP contribution in [-0.2, 0) is 23.1 Å². The summed E-state index contributed by atoms with van der Waals surface area (Å²) in [4.78, 5) is 17.2. The van der Waals surface area contributed by atoms with Gasteiger partial charge in [-0.3, -0.25) is 14.0 Å². The van der Waals surface area contributed by atoms with E-state index in [1.165, 1.54) is 16.1 Å². The molecule has 0 aliphatic carbocycles. The summed E-state index contributed by atoms with van der Waals surface area (Å²) in [5.74, 6) is 0.0175. The van der Waals surface area contributed by atoms with Gasteiger partial charge >= 0.3 is 0 Å². The second-order valence-electron chi connectivity index (χ2n) is 8.36. The smallest absolute Gasteiger partial charge is 0.253 e. The highest BCUT2D eigenvalue weighted by molar-refractivity contribution is 7.92. The van der Waals surface area contributed by atoms with Crippen LogP contribution in [0.25, 0.3) is 0 Å². The van der Waals surface area contributed by atoms with Crippen LogP contribution >= 0.6 is 0 Å². The Morgan fingerprint density at radius 2 is 1.36 bits per heavy atom. The van der Waals surface area contributed by atoms with Crippen LogP contribution in [0.2, 0.25) is 0 Å². The Labute approximate surface area is 196 Å². The number of para-hydroxylation sites is 1. The number of nitrogens with zero attached hydrogens (tertiary/aromatic N) is 3. The summed E-state index contributed by atoms with van der Waals surface area (Å²) in [5.41, 5.74) is 3.36. The van der Waals surface area contributed by atoms with Gasteiger partial charge in [0, 0.05) is 38.3 Å². The van der Waals surface area contributed by atoms with Crippen molar-refractivity contribution in [3.63, 3.8) is 0 Å². The number of benzene rings is 3. The second kappa shape index (κ2) is 10.2.